The number of benzene rings is 2. The zero-order valence-corrected chi connectivity index (χ0v) is 17.0. The lowest BCUT2D eigenvalue weighted by Crippen LogP contribution is -2.14. The first-order chi connectivity index (χ1) is 13.2. The maximum atomic E-state index is 12.8. The second-order valence-corrected chi connectivity index (χ2v) is 8.17. The highest BCUT2D eigenvalue weighted by Gasteiger charge is 2.21. The SMILES string of the molecule is CCOC(=O)c1oc2ccc(S(=O)(=O)Nc3cccc(N(C)C)c3)cc2c1C. The molecule has 148 valence electrons. The number of esters is 1. The number of hydrogen-bond donors (Lipinski definition) is 1. The topological polar surface area (TPSA) is 88.8 Å². The molecule has 0 aliphatic rings. The van der Waals surface area contributed by atoms with E-state index in [0.29, 0.717) is 22.2 Å². The zero-order valence-electron chi connectivity index (χ0n) is 16.1. The molecular formula is C20H22N2O5S. The first kappa shape index (κ1) is 19.8. The lowest BCUT2D eigenvalue weighted by atomic mass is 10.1. The molecule has 0 unspecified atom stereocenters. The van der Waals surface area contributed by atoms with Gasteiger partial charge in [-0.05, 0) is 50.2 Å². The third kappa shape index (κ3) is 3.82. The predicted octanol–water partition coefficient (Wildman–Crippen LogP) is 3.78. The van der Waals surface area contributed by atoms with Crippen LogP contribution in [-0.4, -0.2) is 35.1 Å². The van der Waals surface area contributed by atoms with Crippen molar-refractivity contribution >= 4 is 38.3 Å². The Bertz CT molecular complexity index is 1130. The number of sulfonamides is 1. The number of rotatable bonds is 6. The molecule has 0 atom stereocenters. The normalized spacial score (nSPS) is 11.4. The molecule has 0 aliphatic heterocycles. The van der Waals surface area contributed by atoms with Crippen LogP contribution in [0.1, 0.15) is 23.0 Å². The average Bonchev–Trinajstić information content (AvgIpc) is 2.98. The van der Waals surface area contributed by atoms with E-state index in [4.69, 9.17) is 9.15 Å². The Morgan fingerprint density at radius 3 is 2.61 bits per heavy atom. The Hall–Kier alpha value is -3.00. The molecule has 8 heteroatoms. The third-order valence-electron chi connectivity index (χ3n) is 4.29. The van der Waals surface area contributed by atoms with Crippen LogP contribution in [-0.2, 0) is 14.8 Å². The van der Waals surface area contributed by atoms with Gasteiger partial charge in [0.05, 0.1) is 17.2 Å². The number of fused-ring (bicyclic) bond motifs is 1. The standard InChI is InChI=1S/C20H22N2O5S/c1-5-26-20(23)19-13(2)17-12-16(9-10-18(17)27-19)28(24,25)21-14-7-6-8-15(11-14)22(3)4/h6-12,21H,5H2,1-4H3. The second kappa shape index (κ2) is 7.55. The molecule has 3 aromatic rings. The maximum Gasteiger partial charge on any atom is 0.374 e. The van der Waals surface area contributed by atoms with Crippen LogP contribution in [0.5, 0.6) is 0 Å². The fourth-order valence-electron chi connectivity index (χ4n) is 2.82. The van der Waals surface area contributed by atoms with E-state index in [1.54, 1.807) is 32.0 Å². The lowest BCUT2D eigenvalue weighted by molar-refractivity contribution is 0.0491. The summed E-state index contributed by atoms with van der Waals surface area (Å²) in [4.78, 5) is 14.0. The predicted molar refractivity (Wildman–Crippen MR) is 108 cm³/mol. The van der Waals surface area contributed by atoms with Crippen molar-refractivity contribution in [3.8, 4) is 0 Å². The number of carbonyl (C=O) groups is 1. The Kier molecular flexibility index (Phi) is 5.33. The van der Waals surface area contributed by atoms with Gasteiger partial charge in [0.1, 0.15) is 5.58 Å². The van der Waals surface area contributed by atoms with E-state index in [-0.39, 0.29) is 17.3 Å². The molecule has 1 N–H and O–H groups in total. The van der Waals surface area contributed by atoms with Crippen LogP contribution in [0.3, 0.4) is 0 Å². The summed E-state index contributed by atoms with van der Waals surface area (Å²) in [6.07, 6.45) is 0. The number of anilines is 2. The van der Waals surface area contributed by atoms with Crippen LogP contribution in [0.2, 0.25) is 0 Å². The molecule has 0 radical (unpaired) electrons. The first-order valence-corrected chi connectivity index (χ1v) is 10.2. The van der Waals surface area contributed by atoms with E-state index in [9.17, 15) is 13.2 Å². The van der Waals surface area contributed by atoms with Crippen LogP contribution < -0.4 is 9.62 Å². The molecule has 1 aromatic heterocycles. The Balaban J connectivity index is 1.97. The summed E-state index contributed by atoms with van der Waals surface area (Å²) in [5, 5.41) is 0.549. The van der Waals surface area contributed by atoms with E-state index in [2.05, 4.69) is 4.72 Å². The molecule has 0 bridgehead atoms. The van der Waals surface area contributed by atoms with Gasteiger partial charge in [0.2, 0.25) is 5.76 Å². The smallest absolute Gasteiger partial charge is 0.374 e. The maximum absolute atomic E-state index is 12.8. The third-order valence-corrected chi connectivity index (χ3v) is 5.67. The Labute approximate surface area is 163 Å². The van der Waals surface area contributed by atoms with E-state index < -0.39 is 16.0 Å². The van der Waals surface area contributed by atoms with Crippen molar-refractivity contribution in [2.45, 2.75) is 18.7 Å². The number of nitrogens with one attached hydrogen (secondary N) is 1. The molecule has 0 aliphatic carbocycles. The molecule has 0 saturated heterocycles. The number of hydrogen-bond acceptors (Lipinski definition) is 6. The van der Waals surface area contributed by atoms with Gasteiger partial charge in [-0.25, -0.2) is 13.2 Å². The van der Waals surface area contributed by atoms with Crippen molar-refractivity contribution in [1.82, 2.24) is 0 Å². The van der Waals surface area contributed by atoms with Crippen molar-refractivity contribution < 1.29 is 22.4 Å². The number of carbonyl (C=O) groups excluding carboxylic acids is 1. The average molecular weight is 402 g/mol. The highest BCUT2D eigenvalue weighted by Crippen LogP contribution is 2.29. The second-order valence-electron chi connectivity index (χ2n) is 6.48. The first-order valence-electron chi connectivity index (χ1n) is 8.73. The monoisotopic (exact) mass is 402 g/mol. The van der Waals surface area contributed by atoms with Crippen LogP contribution >= 0.6 is 0 Å². The number of ether oxygens (including phenoxy) is 1. The summed E-state index contributed by atoms with van der Waals surface area (Å²) < 4.78 is 38.8. The summed E-state index contributed by atoms with van der Waals surface area (Å²) in [6, 6.07) is 11.6. The molecule has 2 aromatic carbocycles. The molecular weight excluding hydrogens is 380 g/mol. The molecule has 0 amide bonds. The number of nitrogens with zero attached hydrogens (tertiary/aromatic N) is 1. The van der Waals surface area contributed by atoms with Crippen molar-refractivity contribution in [3.63, 3.8) is 0 Å². The summed E-state index contributed by atoms with van der Waals surface area (Å²) in [5.41, 5.74) is 2.30. The molecule has 0 spiro atoms. The van der Waals surface area contributed by atoms with Crippen LogP contribution in [0.4, 0.5) is 11.4 Å². The highest BCUT2D eigenvalue weighted by molar-refractivity contribution is 7.92. The number of aryl methyl sites for hydroxylation is 1. The summed E-state index contributed by atoms with van der Waals surface area (Å²) in [6.45, 7) is 3.63. The lowest BCUT2D eigenvalue weighted by Gasteiger charge is -2.14. The van der Waals surface area contributed by atoms with Crippen LogP contribution in [0, 0.1) is 6.92 Å². The van der Waals surface area contributed by atoms with Gasteiger partial charge in [-0.2, -0.15) is 0 Å². The van der Waals surface area contributed by atoms with Gasteiger partial charge in [-0.15, -0.1) is 0 Å². The Morgan fingerprint density at radius 1 is 1.18 bits per heavy atom. The molecule has 7 nitrogen and oxygen atoms in total. The molecule has 28 heavy (non-hydrogen) atoms. The van der Waals surface area contributed by atoms with Crippen LogP contribution in [0.25, 0.3) is 11.0 Å². The Morgan fingerprint density at radius 2 is 1.93 bits per heavy atom. The quantitative estimate of drug-likeness (QED) is 0.631. The van der Waals surface area contributed by atoms with Gasteiger partial charge in [0.15, 0.2) is 0 Å². The largest absolute Gasteiger partial charge is 0.460 e. The van der Waals surface area contributed by atoms with Gasteiger partial charge < -0.3 is 14.1 Å². The zero-order chi connectivity index (χ0) is 20.5. The highest BCUT2D eigenvalue weighted by atomic mass is 32.2. The van der Waals surface area contributed by atoms with Gasteiger partial charge >= 0.3 is 5.97 Å². The van der Waals surface area contributed by atoms with E-state index in [0.717, 1.165) is 5.69 Å². The summed E-state index contributed by atoms with van der Waals surface area (Å²) >= 11 is 0. The summed E-state index contributed by atoms with van der Waals surface area (Å²) in [7, 11) is -0.0529. The fraction of sp³-hybridized carbons (Fsp3) is 0.250. The molecule has 0 saturated carbocycles. The van der Waals surface area contributed by atoms with Crippen molar-refractivity contribution in [3.05, 3.63) is 53.8 Å². The van der Waals surface area contributed by atoms with E-state index >= 15 is 0 Å². The number of furan rings is 1. The van der Waals surface area contributed by atoms with Crippen molar-refractivity contribution in [1.29, 1.82) is 0 Å². The summed E-state index contributed by atoms with van der Waals surface area (Å²) in [5.74, 6) is -0.489. The minimum Gasteiger partial charge on any atom is -0.460 e. The minimum absolute atomic E-state index is 0.0783. The van der Waals surface area contributed by atoms with E-state index in [1.165, 1.54) is 18.2 Å². The van der Waals surface area contributed by atoms with Gasteiger partial charge in [-0.3, -0.25) is 4.72 Å². The van der Waals surface area contributed by atoms with Crippen LogP contribution in [0.15, 0.2) is 51.8 Å². The molecule has 0 fully saturated rings. The van der Waals surface area contributed by atoms with Gasteiger partial charge in [-0.1, -0.05) is 6.07 Å². The van der Waals surface area contributed by atoms with Crippen molar-refractivity contribution in [2.24, 2.45) is 0 Å². The van der Waals surface area contributed by atoms with Gasteiger partial charge in [0, 0.05) is 30.7 Å². The van der Waals surface area contributed by atoms with Gasteiger partial charge in [0.25, 0.3) is 10.0 Å². The van der Waals surface area contributed by atoms with Crippen molar-refractivity contribution in [2.75, 3.05) is 30.3 Å². The fourth-order valence-corrected chi connectivity index (χ4v) is 3.90. The molecule has 3 rings (SSSR count). The van der Waals surface area contributed by atoms with E-state index in [1.807, 2.05) is 25.1 Å². The minimum atomic E-state index is -3.81. The molecule has 1 heterocycles.